The maximum atomic E-state index is 11.7. The van der Waals surface area contributed by atoms with Gasteiger partial charge in [0, 0.05) is 14.1 Å². The number of rotatable bonds is 4. The molecule has 0 saturated carbocycles. The molecule has 0 fully saturated rings. The second-order valence-electron chi connectivity index (χ2n) is 3.62. The van der Waals surface area contributed by atoms with Crippen molar-refractivity contribution < 1.29 is 18.4 Å². The number of nitrogens with zero attached hydrogens (tertiary/aromatic N) is 2. The molecule has 1 aromatic rings. The highest BCUT2D eigenvalue weighted by Gasteiger charge is 2.25. The van der Waals surface area contributed by atoms with Gasteiger partial charge in [0.1, 0.15) is 0 Å². The summed E-state index contributed by atoms with van der Waals surface area (Å²) in [5.74, 6) is -1.37. The van der Waals surface area contributed by atoms with E-state index in [0.29, 0.717) is 0 Å². The molecule has 0 aliphatic carbocycles. The van der Waals surface area contributed by atoms with Crippen LogP contribution in [0, 0.1) is 0 Å². The zero-order valence-corrected chi connectivity index (χ0v) is 10.4. The van der Waals surface area contributed by atoms with Crippen LogP contribution in [0.3, 0.4) is 0 Å². The topological polar surface area (TPSA) is 77.9 Å². The molecule has 0 heterocycles. The van der Waals surface area contributed by atoms with Gasteiger partial charge in [-0.05, 0) is 12.1 Å². The Morgan fingerprint density at radius 1 is 1.24 bits per heavy atom. The first-order valence-corrected chi connectivity index (χ1v) is 6.42. The molecule has 1 N–H and O–H groups in total. The highest BCUT2D eigenvalue weighted by Crippen LogP contribution is 2.15. The van der Waals surface area contributed by atoms with Gasteiger partial charge in [0.25, 0.3) is 10.0 Å². The second-order valence-corrected chi connectivity index (χ2v) is 5.42. The van der Waals surface area contributed by atoms with Crippen molar-refractivity contribution in [1.29, 1.82) is 0 Å². The quantitative estimate of drug-likeness (QED) is 0.788. The van der Waals surface area contributed by atoms with Crippen molar-refractivity contribution >= 4 is 21.6 Å². The molecule has 0 bridgehead atoms. The summed E-state index contributed by atoms with van der Waals surface area (Å²) in [6.45, 7) is 0. The van der Waals surface area contributed by atoms with Crippen molar-refractivity contribution in [2.75, 3.05) is 24.3 Å². The number of amides is 1. The lowest BCUT2D eigenvalue weighted by Gasteiger charge is -2.18. The van der Waals surface area contributed by atoms with Crippen LogP contribution in [0.1, 0.15) is 0 Å². The number of anilines is 1. The van der Waals surface area contributed by atoms with E-state index in [1.54, 1.807) is 18.2 Å². The first-order valence-electron chi connectivity index (χ1n) is 4.81. The van der Waals surface area contributed by atoms with Crippen LogP contribution in [-0.4, -0.2) is 44.3 Å². The minimum absolute atomic E-state index is 0.0963. The van der Waals surface area contributed by atoms with E-state index in [2.05, 4.69) is 0 Å². The molecular formula is C10H14N2O4S. The molecule has 0 spiro atoms. The first-order chi connectivity index (χ1) is 7.84. The fourth-order valence-electron chi connectivity index (χ4n) is 1.06. The first kappa shape index (κ1) is 13.5. The number of para-hydroxylation sites is 1. The van der Waals surface area contributed by atoms with E-state index >= 15 is 0 Å². The molecule has 0 saturated heterocycles. The average Bonchev–Trinajstić information content (AvgIpc) is 2.28. The summed E-state index contributed by atoms with van der Waals surface area (Å²) in [5.41, 5.74) is 0.0963. The van der Waals surface area contributed by atoms with Crippen LogP contribution in [-0.2, 0) is 14.8 Å². The minimum atomic E-state index is -4.06. The maximum Gasteiger partial charge on any atom is 0.266 e. The summed E-state index contributed by atoms with van der Waals surface area (Å²) >= 11 is 0. The third-order valence-electron chi connectivity index (χ3n) is 2.05. The summed E-state index contributed by atoms with van der Waals surface area (Å²) < 4.78 is 23.5. The largest absolute Gasteiger partial charge is 0.348 e. The minimum Gasteiger partial charge on any atom is -0.348 e. The van der Waals surface area contributed by atoms with Gasteiger partial charge >= 0.3 is 0 Å². The van der Waals surface area contributed by atoms with Crippen molar-refractivity contribution in [3.8, 4) is 0 Å². The fourth-order valence-corrected chi connectivity index (χ4v) is 2.20. The van der Waals surface area contributed by atoms with E-state index < -0.39 is 21.7 Å². The summed E-state index contributed by atoms with van der Waals surface area (Å²) in [4.78, 5) is 12.5. The predicted molar refractivity (Wildman–Crippen MR) is 63.2 cm³/mol. The van der Waals surface area contributed by atoms with Crippen molar-refractivity contribution in [1.82, 2.24) is 4.90 Å². The molecule has 0 atom stereocenters. The molecule has 17 heavy (non-hydrogen) atoms. The van der Waals surface area contributed by atoms with Gasteiger partial charge in [-0.2, -0.15) is 0 Å². The predicted octanol–water partition coefficient (Wildman–Crippen LogP) is 0.300. The van der Waals surface area contributed by atoms with E-state index in [4.69, 9.17) is 0 Å². The Hall–Kier alpha value is -1.60. The molecular weight excluding hydrogens is 244 g/mol. The summed E-state index contributed by atoms with van der Waals surface area (Å²) in [5, 5.41) is 9.55. The Kier molecular flexibility index (Phi) is 4.08. The highest BCUT2D eigenvalue weighted by atomic mass is 32.2. The number of hydrogen-bond donors (Lipinski definition) is 1. The van der Waals surface area contributed by atoms with Crippen molar-refractivity contribution in [2.45, 2.75) is 0 Å². The van der Waals surface area contributed by atoms with Crippen LogP contribution >= 0.6 is 0 Å². The second kappa shape index (κ2) is 5.15. The Balaban J connectivity index is 2.89. The Morgan fingerprint density at radius 3 is 2.24 bits per heavy atom. The number of sulfonamides is 1. The van der Waals surface area contributed by atoms with E-state index in [9.17, 15) is 18.4 Å². The third-order valence-corrected chi connectivity index (χ3v) is 3.39. The standard InChI is InChI=1S/C10H14N2O4S/c1-11(2)10(13)8-17(15,16)12(14)9-6-4-3-5-7-9/h3-7,14H,8H2,1-2H3. The fraction of sp³-hybridized carbons (Fsp3) is 0.300. The van der Waals surface area contributed by atoms with Gasteiger partial charge in [-0.15, -0.1) is 4.47 Å². The highest BCUT2D eigenvalue weighted by molar-refractivity contribution is 7.93. The molecule has 0 radical (unpaired) electrons. The number of carbonyl (C=O) groups excluding carboxylic acids is 1. The molecule has 0 aromatic heterocycles. The molecule has 1 amide bonds. The summed E-state index contributed by atoms with van der Waals surface area (Å²) in [6, 6.07) is 7.72. The lowest BCUT2D eigenvalue weighted by atomic mass is 10.3. The smallest absolute Gasteiger partial charge is 0.266 e. The summed E-state index contributed by atoms with van der Waals surface area (Å²) in [7, 11) is -1.17. The Morgan fingerprint density at radius 2 is 1.76 bits per heavy atom. The SMILES string of the molecule is CN(C)C(=O)CS(=O)(=O)N(O)c1ccccc1. The normalized spacial score (nSPS) is 11.0. The van der Waals surface area contributed by atoms with Gasteiger partial charge in [-0.3, -0.25) is 10.0 Å². The molecule has 1 rings (SSSR count). The summed E-state index contributed by atoms with van der Waals surface area (Å²) in [6.07, 6.45) is 0. The molecule has 1 aromatic carbocycles. The van der Waals surface area contributed by atoms with Crippen LogP contribution < -0.4 is 4.47 Å². The van der Waals surface area contributed by atoms with Crippen LogP contribution in [0.25, 0.3) is 0 Å². The van der Waals surface area contributed by atoms with Crippen LogP contribution in [0.15, 0.2) is 30.3 Å². The molecule has 6 nitrogen and oxygen atoms in total. The van der Waals surface area contributed by atoms with E-state index in [0.717, 1.165) is 4.90 Å². The lowest BCUT2D eigenvalue weighted by molar-refractivity contribution is -0.126. The van der Waals surface area contributed by atoms with Crippen LogP contribution in [0.5, 0.6) is 0 Å². The molecule has 0 aliphatic heterocycles. The molecule has 94 valence electrons. The number of benzene rings is 1. The van der Waals surface area contributed by atoms with Crippen LogP contribution in [0.2, 0.25) is 0 Å². The van der Waals surface area contributed by atoms with Gasteiger partial charge in [0.15, 0.2) is 5.75 Å². The van der Waals surface area contributed by atoms with E-state index in [1.165, 1.54) is 26.2 Å². The van der Waals surface area contributed by atoms with Gasteiger partial charge in [0.05, 0.1) is 5.69 Å². The van der Waals surface area contributed by atoms with Crippen molar-refractivity contribution in [2.24, 2.45) is 0 Å². The zero-order chi connectivity index (χ0) is 13.1. The Bertz CT molecular complexity index is 484. The van der Waals surface area contributed by atoms with Crippen molar-refractivity contribution in [3.63, 3.8) is 0 Å². The van der Waals surface area contributed by atoms with Crippen molar-refractivity contribution in [3.05, 3.63) is 30.3 Å². The van der Waals surface area contributed by atoms with Gasteiger partial charge in [0.2, 0.25) is 5.91 Å². The van der Waals surface area contributed by atoms with Gasteiger partial charge < -0.3 is 4.90 Å². The Labute approximate surface area is 100 Å². The zero-order valence-electron chi connectivity index (χ0n) is 9.57. The van der Waals surface area contributed by atoms with Gasteiger partial charge in [-0.25, -0.2) is 8.42 Å². The average molecular weight is 258 g/mol. The lowest BCUT2D eigenvalue weighted by Crippen LogP contribution is -2.37. The van der Waals surface area contributed by atoms with E-state index in [-0.39, 0.29) is 10.2 Å². The molecule has 0 aliphatic rings. The third kappa shape index (κ3) is 3.43. The molecule has 7 heteroatoms. The van der Waals surface area contributed by atoms with E-state index in [1.807, 2.05) is 0 Å². The number of hydrogen-bond acceptors (Lipinski definition) is 4. The maximum absolute atomic E-state index is 11.7. The molecule has 0 unspecified atom stereocenters. The van der Waals surface area contributed by atoms with Gasteiger partial charge in [-0.1, -0.05) is 18.2 Å². The van der Waals surface area contributed by atoms with Crippen LogP contribution in [0.4, 0.5) is 5.69 Å². The monoisotopic (exact) mass is 258 g/mol. The number of carbonyl (C=O) groups is 1.